The molecule has 2 nitrogen and oxygen atoms in total. The van der Waals surface area contributed by atoms with Crippen molar-refractivity contribution in [3.8, 4) is 0 Å². The molecule has 2 aliphatic rings. The number of rotatable bonds is 1. The van der Waals surface area contributed by atoms with Crippen molar-refractivity contribution >= 4 is 5.97 Å². The van der Waals surface area contributed by atoms with Gasteiger partial charge >= 0.3 is 5.97 Å². The van der Waals surface area contributed by atoms with Gasteiger partial charge in [-0.2, -0.15) is 0 Å². The zero-order chi connectivity index (χ0) is 7.84. The van der Waals surface area contributed by atoms with Crippen LogP contribution in [0.3, 0.4) is 0 Å². The first-order valence-corrected chi connectivity index (χ1v) is 4.43. The normalized spacial score (nSPS) is 41.0. The maximum atomic E-state index is 10.7. The molecule has 0 spiro atoms. The molecule has 2 unspecified atom stereocenters. The number of hydrogen-bond donors (Lipinski definition) is 0. The molecule has 62 valence electrons. The van der Waals surface area contributed by atoms with Gasteiger partial charge in [0.05, 0.1) is 0 Å². The van der Waals surface area contributed by atoms with Crippen LogP contribution in [0.1, 0.15) is 32.6 Å². The highest BCUT2D eigenvalue weighted by atomic mass is 16.5. The highest BCUT2D eigenvalue weighted by Gasteiger charge is 2.41. The summed E-state index contributed by atoms with van der Waals surface area (Å²) in [6.07, 6.45) is 5.35. The van der Waals surface area contributed by atoms with Crippen LogP contribution in [0.4, 0.5) is 0 Å². The Morgan fingerprint density at radius 3 is 2.64 bits per heavy atom. The van der Waals surface area contributed by atoms with Crippen LogP contribution in [0.5, 0.6) is 0 Å². The zero-order valence-corrected chi connectivity index (χ0v) is 6.88. The minimum atomic E-state index is -0.109. The number of carbonyl (C=O) groups excluding carboxylic acids is 1. The van der Waals surface area contributed by atoms with Crippen molar-refractivity contribution in [1.29, 1.82) is 0 Å². The van der Waals surface area contributed by atoms with Crippen molar-refractivity contribution in [1.82, 2.24) is 0 Å². The molecule has 2 bridgehead atoms. The van der Waals surface area contributed by atoms with E-state index in [1.54, 1.807) is 0 Å². The quantitative estimate of drug-likeness (QED) is 0.538. The second kappa shape index (κ2) is 2.50. The fourth-order valence-corrected chi connectivity index (χ4v) is 2.54. The molecule has 0 aliphatic heterocycles. The minimum Gasteiger partial charge on any atom is -0.462 e. The Hall–Kier alpha value is -0.530. The molecule has 0 saturated heterocycles. The Morgan fingerprint density at radius 1 is 1.36 bits per heavy atom. The van der Waals surface area contributed by atoms with Gasteiger partial charge in [-0.1, -0.05) is 0 Å². The smallest absolute Gasteiger partial charge is 0.302 e. The molecule has 3 atom stereocenters. The standard InChI is InChI=1S/C9H14O2/c1-6(10)11-9-5-7-2-3-8(9)4-7/h7-9H,2-5H2,1H3/t7?,8?,9-/m0/s1. The molecule has 2 rings (SSSR count). The molecular formula is C9H14O2. The van der Waals surface area contributed by atoms with E-state index >= 15 is 0 Å². The molecule has 2 heteroatoms. The van der Waals surface area contributed by atoms with Crippen molar-refractivity contribution in [2.75, 3.05) is 0 Å². The summed E-state index contributed by atoms with van der Waals surface area (Å²) >= 11 is 0. The Morgan fingerprint density at radius 2 is 2.18 bits per heavy atom. The van der Waals surface area contributed by atoms with E-state index < -0.39 is 0 Å². The van der Waals surface area contributed by atoms with E-state index in [0.29, 0.717) is 5.92 Å². The molecule has 2 saturated carbocycles. The van der Waals surface area contributed by atoms with Crippen LogP contribution >= 0.6 is 0 Å². The summed E-state index contributed by atoms with van der Waals surface area (Å²) in [6, 6.07) is 0. The van der Waals surface area contributed by atoms with Crippen molar-refractivity contribution < 1.29 is 9.53 Å². The lowest BCUT2D eigenvalue weighted by Gasteiger charge is -2.20. The number of carbonyl (C=O) groups is 1. The third-order valence-electron chi connectivity index (χ3n) is 2.99. The Kier molecular flexibility index (Phi) is 1.63. The Balaban J connectivity index is 1.92. The first-order chi connectivity index (χ1) is 5.25. The number of ether oxygens (including phenoxy) is 1. The second-order valence-electron chi connectivity index (χ2n) is 3.82. The van der Waals surface area contributed by atoms with Gasteiger partial charge in [0.25, 0.3) is 0 Å². The molecule has 0 heterocycles. The summed E-state index contributed by atoms with van der Waals surface area (Å²) in [5.41, 5.74) is 0. The van der Waals surface area contributed by atoms with Crippen LogP contribution in [0.15, 0.2) is 0 Å². The topological polar surface area (TPSA) is 26.3 Å². The van der Waals surface area contributed by atoms with Crippen LogP contribution in [0.25, 0.3) is 0 Å². The summed E-state index contributed by atoms with van der Waals surface area (Å²) in [5.74, 6) is 1.45. The van der Waals surface area contributed by atoms with Crippen LogP contribution < -0.4 is 0 Å². The summed E-state index contributed by atoms with van der Waals surface area (Å²) in [4.78, 5) is 10.7. The maximum Gasteiger partial charge on any atom is 0.302 e. The molecule has 2 aliphatic carbocycles. The van der Waals surface area contributed by atoms with Gasteiger partial charge in [-0.3, -0.25) is 4.79 Å². The van der Waals surface area contributed by atoms with Crippen molar-refractivity contribution in [3.63, 3.8) is 0 Å². The number of fused-ring (bicyclic) bond motifs is 2. The molecule has 0 radical (unpaired) electrons. The Labute approximate surface area is 66.9 Å². The molecule has 0 aromatic carbocycles. The van der Waals surface area contributed by atoms with E-state index in [2.05, 4.69) is 0 Å². The van der Waals surface area contributed by atoms with Gasteiger partial charge in [-0.15, -0.1) is 0 Å². The number of esters is 1. The molecule has 0 N–H and O–H groups in total. The van der Waals surface area contributed by atoms with Gasteiger partial charge in [0, 0.05) is 6.92 Å². The monoisotopic (exact) mass is 154 g/mol. The highest BCUT2D eigenvalue weighted by molar-refractivity contribution is 5.66. The van der Waals surface area contributed by atoms with Gasteiger partial charge < -0.3 is 4.74 Å². The van der Waals surface area contributed by atoms with Crippen molar-refractivity contribution in [3.05, 3.63) is 0 Å². The first-order valence-electron chi connectivity index (χ1n) is 4.43. The minimum absolute atomic E-state index is 0.109. The molecule has 0 aromatic heterocycles. The predicted molar refractivity (Wildman–Crippen MR) is 41.0 cm³/mol. The van der Waals surface area contributed by atoms with Crippen LogP contribution in [0, 0.1) is 11.8 Å². The average molecular weight is 154 g/mol. The summed E-state index contributed by atoms with van der Waals surface area (Å²) < 4.78 is 5.21. The fourth-order valence-electron chi connectivity index (χ4n) is 2.54. The van der Waals surface area contributed by atoms with Gasteiger partial charge in [0.15, 0.2) is 0 Å². The first kappa shape index (κ1) is 7.14. The Bertz CT molecular complexity index is 176. The molecule has 11 heavy (non-hydrogen) atoms. The highest BCUT2D eigenvalue weighted by Crippen LogP contribution is 2.45. The van der Waals surface area contributed by atoms with E-state index in [0.717, 1.165) is 12.3 Å². The summed E-state index contributed by atoms with van der Waals surface area (Å²) in [6.45, 7) is 1.51. The molecule has 2 fully saturated rings. The molecule has 0 aromatic rings. The lowest BCUT2D eigenvalue weighted by atomic mass is 9.98. The van der Waals surface area contributed by atoms with Crippen LogP contribution in [-0.2, 0) is 9.53 Å². The van der Waals surface area contributed by atoms with Gasteiger partial charge in [-0.05, 0) is 37.5 Å². The van der Waals surface area contributed by atoms with Crippen molar-refractivity contribution in [2.24, 2.45) is 11.8 Å². The van der Waals surface area contributed by atoms with E-state index in [1.165, 1.54) is 26.2 Å². The average Bonchev–Trinajstić information content (AvgIpc) is 2.45. The second-order valence-corrected chi connectivity index (χ2v) is 3.82. The molecular weight excluding hydrogens is 140 g/mol. The third kappa shape index (κ3) is 1.26. The van der Waals surface area contributed by atoms with Gasteiger partial charge in [-0.25, -0.2) is 0 Å². The van der Waals surface area contributed by atoms with Crippen LogP contribution in [-0.4, -0.2) is 12.1 Å². The number of hydrogen-bond acceptors (Lipinski definition) is 2. The summed E-state index contributed by atoms with van der Waals surface area (Å²) in [7, 11) is 0. The summed E-state index contributed by atoms with van der Waals surface area (Å²) in [5, 5.41) is 0. The third-order valence-corrected chi connectivity index (χ3v) is 2.99. The van der Waals surface area contributed by atoms with E-state index in [4.69, 9.17) is 4.74 Å². The van der Waals surface area contributed by atoms with E-state index in [-0.39, 0.29) is 12.1 Å². The predicted octanol–water partition coefficient (Wildman–Crippen LogP) is 1.74. The zero-order valence-electron chi connectivity index (χ0n) is 6.88. The SMILES string of the molecule is CC(=O)O[C@H]1CC2CCC1C2. The molecule has 0 amide bonds. The van der Waals surface area contributed by atoms with Gasteiger partial charge in [0.1, 0.15) is 6.10 Å². The maximum absolute atomic E-state index is 10.7. The lowest BCUT2D eigenvalue weighted by Crippen LogP contribution is -2.22. The van der Waals surface area contributed by atoms with Crippen LogP contribution in [0.2, 0.25) is 0 Å². The van der Waals surface area contributed by atoms with E-state index in [9.17, 15) is 4.79 Å². The largest absolute Gasteiger partial charge is 0.462 e. The fraction of sp³-hybridized carbons (Fsp3) is 0.889. The lowest BCUT2D eigenvalue weighted by molar-refractivity contribution is -0.148. The van der Waals surface area contributed by atoms with Gasteiger partial charge in [0.2, 0.25) is 0 Å². The van der Waals surface area contributed by atoms with Crippen molar-refractivity contribution in [2.45, 2.75) is 38.7 Å². The van der Waals surface area contributed by atoms with E-state index in [1.807, 2.05) is 0 Å².